The van der Waals surface area contributed by atoms with Crippen LogP contribution in [-0.2, 0) is 16.5 Å². The van der Waals surface area contributed by atoms with E-state index in [1.165, 1.54) is 6.08 Å². The van der Waals surface area contributed by atoms with Crippen LogP contribution in [0.5, 0.6) is 0 Å². The fourth-order valence-electron chi connectivity index (χ4n) is 0.245. The molecule has 1 radical (unpaired) electrons. The highest BCUT2D eigenvalue weighted by Crippen LogP contribution is 2.19. The summed E-state index contributed by atoms with van der Waals surface area (Å²) in [6, 6.07) is -1.14. The number of hydrogen-bond donors (Lipinski definition) is 2. The van der Waals surface area contributed by atoms with E-state index < -0.39 is 12.1 Å². The summed E-state index contributed by atoms with van der Waals surface area (Å²) in [6.07, 6.45) is 0.931. The van der Waals surface area contributed by atoms with Crippen molar-refractivity contribution in [3.05, 3.63) is 12.7 Å². The lowest BCUT2D eigenvalue weighted by Gasteiger charge is -2.00. The Morgan fingerprint density at radius 2 is 2.60 bits per heavy atom. The molecule has 10 heavy (non-hydrogen) atoms. The van der Waals surface area contributed by atoms with E-state index in [9.17, 15) is 4.79 Å². The van der Waals surface area contributed by atoms with Crippen LogP contribution in [0.2, 0.25) is 0 Å². The predicted molar refractivity (Wildman–Crippen MR) is 48.0 cm³/mol. The molecule has 57 valence electrons. The first-order chi connectivity index (χ1) is 4.66. The number of nitrogens with one attached hydrogen (secondary N) is 1. The molecule has 0 aliphatic rings. The van der Waals surface area contributed by atoms with Crippen LogP contribution < -0.4 is 5.09 Å². The number of amides is 1. The Hall–Kier alpha value is -0.120. The Kier molecular flexibility index (Phi) is 5.58. The van der Waals surface area contributed by atoms with Crippen molar-refractivity contribution >= 4 is 36.2 Å². The topological polar surface area (TPSA) is 38.3 Å². The van der Waals surface area contributed by atoms with Crippen molar-refractivity contribution in [3.8, 4) is 0 Å². The summed E-state index contributed by atoms with van der Waals surface area (Å²) >= 11 is 8.40. The second-order valence-electron chi connectivity index (χ2n) is 1.27. The number of carbonyl (C=O) groups is 1. The minimum absolute atomic E-state index is 0.193. The maximum atomic E-state index is 10.5. The molecule has 0 fully saturated rings. The van der Waals surface area contributed by atoms with Crippen molar-refractivity contribution in [2.45, 2.75) is 0 Å². The Balaban J connectivity index is 3.43. The first kappa shape index (κ1) is 9.88. The first-order valence-electron chi connectivity index (χ1n) is 2.37. The fourth-order valence-corrected chi connectivity index (χ4v) is 0.934. The molecule has 0 saturated carbocycles. The van der Waals surface area contributed by atoms with Crippen LogP contribution in [0.25, 0.3) is 0 Å². The van der Waals surface area contributed by atoms with E-state index in [2.05, 4.69) is 40.5 Å². The molecule has 1 N–H and O–H groups in total. The molecule has 0 spiro atoms. The third-order valence-electron chi connectivity index (χ3n) is 0.519. The van der Waals surface area contributed by atoms with Crippen molar-refractivity contribution in [2.24, 2.45) is 0 Å². The van der Waals surface area contributed by atoms with E-state index in [1.54, 1.807) is 0 Å². The van der Waals surface area contributed by atoms with Gasteiger partial charge in [0.05, 0.1) is 6.05 Å². The van der Waals surface area contributed by atoms with Crippen LogP contribution in [-0.4, -0.2) is 12.7 Å². The minimum Gasteiger partial charge on any atom is -0.445 e. The molecule has 0 aromatic rings. The van der Waals surface area contributed by atoms with E-state index in [4.69, 9.17) is 0 Å². The van der Waals surface area contributed by atoms with E-state index in [0.29, 0.717) is 0 Å². The van der Waals surface area contributed by atoms with Gasteiger partial charge in [0.1, 0.15) is 6.61 Å². The summed E-state index contributed by atoms with van der Waals surface area (Å²) in [6.45, 7) is 3.56. The Morgan fingerprint density at radius 1 is 2.00 bits per heavy atom. The van der Waals surface area contributed by atoms with Crippen LogP contribution in [0.1, 0.15) is 0 Å². The number of carbonyl (C=O) groups excluding carboxylic acids is 1. The highest BCUT2D eigenvalue weighted by atomic mass is 32.9. The second kappa shape index (κ2) is 5.65. The molecular formula is C4H7NO2PS2. The van der Waals surface area contributed by atoms with Crippen LogP contribution in [0.3, 0.4) is 0 Å². The third-order valence-corrected chi connectivity index (χ3v) is 1.47. The SMILES string of the molecule is C=CCOC(=O)N[P](=S)S. The zero-order valence-corrected chi connectivity index (χ0v) is 7.72. The van der Waals surface area contributed by atoms with Gasteiger partial charge in [0.15, 0.2) is 0 Å². The van der Waals surface area contributed by atoms with Crippen molar-refractivity contribution in [2.75, 3.05) is 6.61 Å². The number of rotatable bonds is 3. The van der Waals surface area contributed by atoms with Crippen molar-refractivity contribution in [3.63, 3.8) is 0 Å². The third kappa shape index (κ3) is 6.01. The van der Waals surface area contributed by atoms with E-state index in [-0.39, 0.29) is 6.61 Å². The molecule has 0 aromatic carbocycles. The number of hydrogen-bond acceptors (Lipinski definition) is 3. The van der Waals surface area contributed by atoms with Gasteiger partial charge in [-0.3, -0.25) is 5.09 Å². The van der Waals surface area contributed by atoms with Crippen LogP contribution >= 0.6 is 18.3 Å². The molecule has 0 aliphatic heterocycles. The van der Waals surface area contributed by atoms with Crippen LogP contribution in [0.15, 0.2) is 12.7 Å². The molecule has 0 heterocycles. The van der Waals surface area contributed by atoms with Gasteiger partial charge in [-0.15, -0.1) is 0 Å². The quantitative estimate of drug-likeness (QED) is 0.409. The lowest BCUT2D eigenvalue weighted by molar-refractivity contribution is 0.165. The Bertz CT molecular complexity index is 161. The molecule has 0 aliphatic carbocycles. The second-order valence-corrected chi connectivity index (χ2v) is 5.15. The predicted octanol–water partition coefficient (Wildman–Crippen LogP) is 1.60. The van der Waals surface area contributed by atoms with Gasteiger partial charge in [0.2, 0.25) is 0 Å². The molecular weight excluding hydrogens is 189 g/mol. The average molecular weight is 196 g/mol. The maximum Gasteiger partial charge on any atom is 0.415 e. The fraction of sp³-hybridized carbons (Fsp3) is 0.250. The van der Waals surface area contributed by atoms with Crippen molar-refractivity contribution in [1.82, 2.24) is 5.09 Å². The lowest BCUT2D eigenvalue weighted by atomic mass is 10.7. The summed E-state index contributed by atoms with van der Waals surface area (Å²) in [5, 5.41) is 2.31. The summed E-state index contributed by atoms with van der Waals surface area (Å²) in [7, 11) is 0. The van der Waals surface area contributed by atoms with Gasteiger partial charge in [-0.25, -0.2) is 4.79 Å². The average Bonchev–Trinajstić information content (AvgIpc) is 1.82. The van der Waals surface area contributed by atoms with Gasteiger partial charge in [-0.1, -0.05) is 24.9 Å². The van der Waals surface area contributed by atoms with Gasteiger partial charge in [-0.2, -0.15) is 0 Å². The lowest BCUT2D eigenvalue weighted by Crippen LogP contribution is -2.15. The van der Waals surface area contributed by atoms with Gasteiger partial charge in [-0.05, 0) is 11.8 Å². The maximum absolute atomic E-state index is 10.5. The standard InChI is InChI=1S/C4H7NO2PS2/c1-2-3-7-4(6)5-8(9)10/h2H,1,3H2,(H2,5,6,9,10). The molecule has 1 unspecified atom stereocenters. The molecule has 3 nitrogen and oxygen atoms in total. The van der Waals surface area contributed by atoms with E-state index in [1.807, 2.05) is 0 Å². The molecule has 0 bridgehead atoms. The monoisotopic (exact) mass is 196 g/mol. The van der Waals surface area contributed by atoms with E-state index in [0.717, 1.165) is 0 Å². The van der Waals surface area contributed by atoms with Gasteiger partial charge in [0, 0.05) is 0 Å². The highest BCUT2D eigenvalue weighted by molar-refractivity contribution is 8.55. The molecule has 1 atom stereocenters. The number of ether oxygens (including phenoxy) is 1. The smallest absolute Gasteiger partial charge is 0.415 e. The molecule has 0 saturated heterocycles. The zero-order valence-electron chi connectivity index (χ0n) is 5.11. The highest BCUT2D eigenvalue weighted by Gasteiger charge is 1.98. The van der Waals surface area contributed by atoms with Crippen LogP contribution in [0, 0.1) is 0 Å². The van der Waals surface area contributed by atoms with Crippen LogP contribution in [0.4, 0.5) is 4.79 Å². The summed E-state index contributed by atoms with van der Waals surface area (Å²) in [4.78, 5) is 10.5. The van der Waals surface area contributed by atoms with Crippen molar-refractivity contribution in [1.29, 1.82) is 0 Å². The molecule has 1 amide bonds. The largest absolute Gasteiger partial charge is 0.445 e. The van der Waals surface area contributed by atoms with Gasteiger partial charge in [0.25, 0.3) is 0 Å². The van der Waals surface area contributed by atoms with Gasteiger partial charge >= 0.3 is 6.09 Å². The Labute approximate surface area is 70.5 Å². The zero-order chi connectivity index (χ0) is 7.98. The molecule has 0 aromatic heterocycles. The first-order valence-corrected chi connectivity index (χ1v) is 5.88. The Morgan fingerprint density at radius 3 is 3.00 bits per heavy atom. The van der Waals surface area contributed by atoms with Gasteiger partial charge < -0.3 is 4.74 Å². The summed E-state index contributed by atoms with van der Waals surface area (Å²) in [5.74, 6) is 0. The number of thiol groups is 1. The van der Waals surface area contributed by atoms with E-state index >= 15 is 0 Å². The van der Waals surface area contributed by atoms with Crippen molar-refractivity contribution < 1.29 is 9.53 Å². The summed E-state index contributed by atoms with van der Waals surface area (Å²) in [5.41, 5.74) is 0. The molecule has 6 heteroatoms. The summed E-state index contributed by atoms with van der Waals surface area (Å²) < 4.78 is 4.53. The normalized spacial score (nSPS) is 9.90. The minimum atomic E-state index is -1.14. The molecule has 0 rings (SSSR count).